The number of hydrogen-bond acceptors (Lipinski definition) is 4. The molecule has 124 valence electrons. The summed E-state index contributed by atoms with van der Waals surface area (Å²) in [6.45, 7) is 3.33. The number of amides is 1. The van der Waals surface area contributed by atoms with E-state index >= 15 is 0 Å². The molecule has 2 aliphatic heterocycles. The molecule has 2 N–H and O–H groups in total. The largest absolute Gasteiger partial charge is 0.417 e. The fourth-order valence-corrected chi connectivity index (χ4v) is 3.82. The molecule has 24 heavy (non-hydrogen) atoms. The number of carbonyl (C=O) groups excluding carboxylic acids is 1. The van der Waals surface area contributed by atoms with Gasteiger partial charge in [-0.1, -0.05) is 25.1 Å². The van der Waals surface area contributed by atoms with Gasteiger partial charge >= 0.3 is 6.09 Å². The van der Waals surface area contributed by atoms with Crippen LogP contribution in [0.15, 0.2) is 48.5 Å². The molecule has 2 atom stereocenters. The van der Waals surface area contributed by atoms with E-state index in [0.717, 1.165) is 24.3 Å². The Morgan fingerprint density at radius 3 is 2.88 bits per heavy atom. The number of para-hydroxylation sites is 1. The highest BCUT2D eigenvalue weighted by molar-refractivity contribution is 5.86. The summed E-state index contributed by atoms with van der Waals surface area (Å²) in [5, 5.41) is 6.31. The molecule has 1 saturated heterocycles. The molecule has 5 heteroatoms. The third-order valence-corrected chi connectivity index (χ3v) is 5.16. The third kappa shape index (κ3) is 2.41. The predicted molar refractivity (Wildman–Crippen MR) is 94.5 cm³/mol. The standard InChI is InChI=1S/C19H21N3O2/c1-19-10-11-22(2)17(19)21-16-9-8-14(12-15(16)19)24-18(23)20-13-6-4-3-5-7-13/h3-9,12,17,21H,10-11H2,1-2H3,(H,20,23)/t17?,19-/m0/s1. The number of benzene rings is 2. The maximum absolute atomic E-state index is 12.1. The highest BCUT2D eigenvalue weighted by Gasteiger charge is 2.49. The van der Waals surface area contributed by atoms with Gasteiger partial charge in [-0.05, 0) is 49.4 Å². The van der Waals surface area contributed by atoms with Gasteiger partial charge in [0.1, 0.15) is 5.75 Å². The normalized spacial score (nSPS) is 24.8. The van der Waals surface area contributed by atoms with Crippen LogP contribution in [0, 0.1) is 0 Å². The molecule has 2 heterocycles. The lowest BCUT2D eigenvalue weighted by atomic mass is 9.81. The van der Waals surface area contributed by atoms with Crippen LogP contribution in [0.2, 0.25) is 0 Å². The zero-order valence-corrected chi connectivity index (χ0v) is 13.9. The smallest absolute Gasteiger partial charge is 0.410 e. The molecule has 0 saturated carbocycles. The fourth-order valence-electron chi connectivity index (χ4n) is 3.82. The minimum absolute atomic E-state index is 0.0549. The lowest BCUT2D eigenvalue weighted by Gasteiger charge is -2.27. The number of hydrogen-bond donors (Lipinski definition) is 2. The van der Waals surface area contributed by atoms with E-state index in [1.807, 2.05) is 48.5 Å². The van der Waals surface area contributed by atoms with Crippen LogP contribution in [0.4, 0.5) is 16.2 Å². The van der Waals surface area contributed by atoms with Gasteiger partial charge in [0, 0.05) is 23.3 Å². The van der Waals surface area contributed by atoms with Gasteiger partial charge in [0.25, 0.3) is 0 Å². The molecule has 0 spiro atoms. The SMILES string of the molecule is CN1CC[C@@]2(C)c3cc(OC(=O)Nc4ccccc4)ccc3NC12. The lowest BCUT2D eigenvalue weighted by molar-refractivity contribution is 0.215. The molecular formula is C19H21N3O2. The molecule has 1 amide bonds. The second-order valence-corrected chi connectivity index (χ2v) is 6.78. The first kappa shape index (κ1) is 15.0. The van der Waals surface area contributed by atoms with Gasteiger partial charge in [-0.15, -0.1) is 0 Å². The van der Waals surface area contributed by atoms with Gasteiger partial charge in [0.2, 0.25) is 0 Å². The quantitative estimate of drug-likeness (QED) is 0.886. The van der Waals surface area contributed by atoms with Crippen LogP contribution < -0.4 is 15.4 Å². The average Bonchev–Trinajstić information content (AvgIpc) is 3.02. The van der Waals surface area contributed by atoms with Crippen molar-refractivity contribution in [3.8, 4) is 5.75 Å². The number of likely N-dealkylation sites (N-methyl/N-ethyl adjacent to an activating group) is 1. The maximum atomic E-state index is 12.1. The van der Waals surface area contributed by atoms with Gasteiger partial charge in [-0.25, -0.2) is 4.79 Å². The van der Waals surface area contributed by atoms with Crippen LogP contribution >= 0.6 is 0 Å². The first-order chi connectivity index (χ1) is 11.6. The van der Waals surface area contributed by atoms with Crippen LogP contribution in [0.1, 0.15) is 18.9 Å². The minimum Gasteiger partial charge on any atom is -0.410 e. The Morgan fingerprint density at radius 1 is 1.29 bits per heavy atom. The summed E-state index contributed by atoms with van der Waals surface area (Å²) in [7, 11) is 2.14. The second-order valence-electron chi connectivity index (χ2n) is 6.78. The number of fused-ring (bicyclic) bond motifs is 3. The fraction of sp³-hybridized carbons (Fsp3) is 0.316. The Kier molecular flexibility index (Phi) is 3.46. The number of nitrogens with one attached hydrogen (secondary N) is 2. The molecule has 4 rings (SSSR count). The van der Waals surface area contributed by atoms with Crippen molar-refractivity contribution in [2.45, 2.75) is 24.9 Å². The van der Waals surface area contributed by atoms with Gasteiger partial charge < -0.3 is 10.1 Å². The molecule has 2 aliphatic rings. The van der Waals surface area contributed by atoms with Crippen molar-refractivity contribution in [1.29, 1.82) is 0 Å². The Bertz CT molecular complexity index is 777. The van der Waals surface area contributed by atoms with Crippen LogP contribution in [0.3, 0.4) is 0 Å². The van der Waals surface area contributed by atoms with E-state index in [-0.39, 0.29) is 5.41 Å². The number of anilines is 2. The lowest BCUT2D eigenvalue weighted by Crippen LogP contribution is -2.39. The van der Waals surface area contributed by atoms with E-state index in [9.17, 15) is 4.79 Å². The van der Waals surface area contributed by atoms with Crippen molar-refractivity contribution in [3.63, 3.8) is 0 Å². The third-order valence-electron chi connectivity index (χ3n) is 5.16. The van der Waals surface area contributed by atoms with Gasteiger partial charge in [-0.3, -0.25) is 10.2 Å². The summed E-state index contributed by atoms with van der Waals surface area (Å²) < 4.78 is 5.47. The molecule has 1 unspecified atom stereocenters. The zero-order valence-electron chi connectivity index (χ0n) is 13.9. The predicted octanol–water partition coefficient (Wildman–Crippen LogP) is 3.64. The molecule has 2 aromatic rings. The summed E-state index contributed by atoms with van der Waals surface area (Å²) >= 11 is 0. The zero-order chi connectivity index (χ0) is 16.7. The van der Waals surface area contributed by atoms with Crippen molar-refractivity contribution in [3.05, 3.63) is 54.1 Å². The molecule has 2 aromatic carbocycles. The number of rotatable bonds is 2. The summed E-state index contributed by atoms with van der Waals surface area (Å²) in [4.78, 5) is 14.4. The summed E-state index contributed by atoms with van der Waals surface area (Å²) in [5.74, 6) is 0.570. The monoisotopic (exact) mass is 323 g/mol. The van der Waals surface area contributed by atoms with Crippen molar-refractivity contribution >= 4 is 17.5 Å². The van der Waals surface area contributed by atoms with Gasteiger partial charge in [0.15, 0.2) is 0 Å². The average molecular weight is 323 g/mol. The van der Waals surface area contributed by atoms with Crippen molar-refractivity contribution in [2.24, 2.45) is 0 Å². The number of likely N-dealkylation sites (tertiary alicyclic amines) is 1. The maximum Gasteiger partial charge on any atom is 0.417 e. The number of carbonyl (C=O) groups is 1. The van der Waals surface area contributed by atoms with Gasteiger partial charge in [0.05, 0.1) is 6.17 Å². The molecular weight excluding hydrogens is 302 g/mol. The van der Waals surface area contributed by atoms with Crippen LogP contribution in [-0.2, 0) is 5.41 Å². The highest BCUT2D eigenvalue weighted by atomic mass is 16.6. The van der Waals surface area contributed by atoms with Crippen molar-refractivity contribution in [2.75, 3.05) is 24.2 Å². The Labute approximate surface area is 141 Å². The molecule has 0 aromatic heterocycles. The second kappa shape index (κ2) is 5.53. The number of nitrogens with zero attached hydrogens (tertiary/aromatic N) is 1. The van der Waals surface area contributed by atoms with E-state index < -0.39 is 6.09 Å². The van der Waals surface area contributed by atoms with E-state index in [1.54, 1.807) is 0 Å². The van der Waals surface area contributed by atoms with Crippen LogP contribution in [0.5, 0.6) is 5.75 Å². The molecule has 5 nitrogen and oxygen atoms in total. The molecule has 0 bridgehead atoms. The molecule has 0 aliphatic carbocycles. The topological polar surface area (TPSA) is 53.6 Å². The molecule has 0 radical (unpaired) electrons. The Hall–Kier alpha value is -2.53. The van der Waals surface area contributed by atoms with E-state index in [0.29, 0.717) is 11.9 Å². The van der Waals surface area contributed by atoms with E-state index in [4.69, 9.17) is 4.74 Å². The first-order valence-corrected chi connectivity index (χ1v) is 8.21. The van der Waals surface area contributed by atoms with E-state index in [2.05, 4.69) is 29.5 Å². The highest BCUT2D eigenvalue weighted by Crippen LogP contribution is 2.48. The summed E-state index contributed by atoms with van der Waals surface area (Å²) in [6.07, 6.45) is 0.923. The van der Waals surface area contributed by atoms with Crippen molar-refractivity contribution < 1.29 is 9.53 Å². The summed E-state index contributed by atoms with van der Waals surface area (Å²) in [5.41, 5.74) is 3.13. The van der Waals surface area contributed by atoms with Gasteiger partial charge in [-0.2, -0.15) is 0 Å². The Morgan fingerprint density at radius 2 is 2.08 bits per heavy atom. The minimum atomic E-state index is -0.475. The van der Waals surface area contributed by atoms with E-state index in [1.165, 1.54) is 5.56 Å². The van der Waals surface area contributed by atoms with Crippen LogP contribution in [-0.4, -0.2) is 30.8 Å². The molecule has 1 fully saturated rings. The number of ether oxygens (including phenoxy) is 1. The first-order valence-electron chi connectivity index (χ1n) is 8.21. The Balaban J connectivity index is 1.53. The summed E-state index contributed by atoms with van der Waals surface area (Å²) in [6, 6.07) is 15.1. The van der Waals surface area contributed by atoms with Crippen LogP contribution in [0.25, 0.3) is 0 Å². The van der Waals surface area contributed by atoms with Crippen molar-refractivity contribution in [1.82, 2.24) is 4.90 Å².